The van der Waals surface area contributed by atoms with E-state index in [2.05, 4.69) is 0 Å². The minimum absolute atomic E-state index is 0.0536. The van der Waals surface area contributed by atoms with Gasteiger partial charge in [-0.1, -0.05) is 19.1 Å². The van der Waals surface area contributed by atoms with Gasteiger partial charge < -0.3 is 9.47 Å². The van der Waals surface area contributed by atoms with Gasteiger partial charge in [-0.15, -0.1) is 0 Å². The molecule has 0 spiro atoms. The first-order valence-corrected chi connectivity index (χ1v) is 5.28. The fourth-order valence-corrected chi connectivity index (χ4v) is 1.36. The maximum atomic E-state index is 12.4. The van der Waals surface area contributed by atoms with E-state index in [1.54, 1.807) is 24.3 Å². The van der Waals surface area contributed by atoms with E-state index >= 15 is 0 Å². The van der Waals surface area contributed by atoms with Gasteiger partial charge in [-0.3, -0.25) is 0 Å². The minimum atomic E-state index is -4.30. The summed E-state index contributed by atoms with van der Waals surface area (Å²) in [5, 5.41) is 0. The molecule has 2 nitrogen and oxygen atoms in total. The summed E-state index contributed by atoms with van der Waals surface area (Å²) in [7, 11) is 1.53. The second-order valence-electron chi connectivity index (χ2n) is 3.60. The number of alkyl halides is 3. The molecule has 0 aliphatic heterocycles. The number of halogens is 3. The van der Waals surface area contributed by atoms with E-state index in [-0.39, 0.29) is 13.0 Å². The third-order valence-electron chi connectivity index (χ3n) is 2.35. The van der Waals surface area contributed by atoms with Crippen LogP contribution in [0.2, 0.25) is 0 Å². The van der Waals surface area contributed by atoms with Crippen molar-refractivity contribution in [2.45, 2.75) is 32.2 Å². The van der Waals surface area contributed by atoms with Crippen molar-refractivity contribution in [2.75, 3.05) is 7.11 Å². The van der Waals surface area contributed by atoms with Gasteiger partial charge in [0.2, 0.25) is 0 Å². The lowest BCUT2D eigenvalue weighted by Gasteiger charge is -2.19. The van der Waals surface area contributed by atoms with Crippen LogP contribution in [0.1, 0.15) is 18.9 Å². The standard InChI is InChI=1S/C12H15F3O2/c1-3-11(12(13,14)15)17-8-9-4-6-10(16-2)7-5-9/h4-7,11H,3,8H2,1-2H3. The average molecular weight is 248 g/mol. The molecule has 0 aliphatic carbocycles. The van der Waals surface area contributed by atoms with Crippen molar-refractivity contribution in [1.29, 1.82) is 0 Å². The Hall–Kier alpha value is -1.23. The van der Waals surface area contributed by atoms with Crippen LogP contribution in [0.4, 0.5) is 13.2 Å². The predicted molar refractivity (Wildman–Crippen MR) is 57.9 cm³/mol. The molecule has 0 saturated carbocycles. The molecule has 0 aromatic heterocycles. The van der Waals surface area contributed by atoms with E-state index in [1.165, 1.54) is 14.0 Å². The largest absolute Gasteiger partial charge is 0.497 e. The summed E-state index contributed by atoms with van der Waals surface area (Å²) < 4.78 is 47.0. The fourth-order valence-electron chi connectivity index (χ4n) is 1.36. The molecular formula is C12H15F3O2. The Morgan fingerprint density at radius 1 is 1.18 bits per heavy atom. The van der Waals surface area contributed by atoms with Crippen molar-refractivity contribution in [1.82, 2.24) is 0 Å². The lowest BCUT2D eigenvalue weighted by atomic mass is 10.2. The van der Waals surface area contributed by atoms with Gasteiger partial charge >= 0.3 is 6.18 Å². The second kappa shape index (κ2) is 5.91. The molecule has 0 bridgehead atoms. The predicted octanol–water partition coefficient (Wildman–Crippen LogP) is 3.55. The number of methoxy groups -OCH3 is 1. The minimum Gasteiger partial charge on any atom is -0.497 e. The zero-order chi connectivity index (χ0) is 12.9. The topological polar surface area (TPSA) is 18.5 Å². The van der Waals surface area contributed by atoms with Crippen LogP contribution in [-0.2, 0) is 11.3 Å². The number of benzene rings is 1. The molecular weight excluding hydrogens is 233 g/mol. The Balaban J connectivity index is 2.54. The monoisotopic (exact) mass is 248 g/mol. The van der Waals surface area contributed by atoms with Crippen LogP contribution in [0.3, 0.4) is 0 Å². The molecule has 5 heteroatoms. The van der Waals surface area contributed by atoms with Gasteiger partial charge in [-0.25, -0.2) is 0 Å². The van der Waals surface area contributed by atoms with E-state index < -0.39 is 12.3 Å². The van der Waals surface area contributed by atoms with Crippen molar-refractivity contribution < 1.29 is 22.6 Å². The number of hydrogen-bond acceptors (Lipinski definition) is 2. The van der Waals surface area contributed by atoms with Crippen molar-refractivity contribution in [3.8, 4) is 5.75 Å². The summed E-state index contributed by atoms with van der Waals surface area (Å²) in [6.45, 7) is 1.40. The summed E-state index contributed by atoms with van der Waals surface area (Å²) in [6, 6.07) is 6.74. The molecule has 0 N–H and O–H groups in total. The van der Waals surface area contributed by atoms with Crippen molar-refractivity contribution >= 4 is 0 Å². The van der Waals surface area contributed by atoms with Gasteiger partial charge in [-0.05, 0) is 24.1 Å². The molecule has 0 fully saturated rings. The van der Waals surface area contributed by atoms with E-state index in [1.807, 2.05) is 0 Å². The van der Waals surface area contributed by atoms with Crippen LogP contribution in [-0.4, -0.2) is 19.4 Å². The van der Waals surface area contributed by atoms with Crippen LogP contribution >= 0.6 is 0 Å². The van der Waals surface area contributed by atoms with Gasteiger partial charge in [-0.2, -0.15) is 13.2 Å². The summed E-state index contributed by atoms with van der Waals surface area (Å²) in [6.07, 6.45) is -6.09. The molecule has 0 radical (unpaired) electrons. The first kappa shape index (κ1) is 13.8. The molecule has 1 aromatic rings. The number of hydrogen-bond donors (Lipinski definition) is 0. The molecule has 17 heavy (non-hydrogen) atoms. The SMILES string of the molecule is CCC(OCc1ccc(OC)cc1)C(F)(F)F. The zero-order valence-corrected chi connectivity index (χ0v) is 9.75. The van der Waals surface area contributed by atoms with Gasteiger partial charge in [0.25, 0.3) is 0 Å². The molecule has 1 rings (SSSR count). The van der Waals surface area contributed by atoms with Crippen molar-refractivity contribution in [3.63, 3.8) is 0 Å². The lowest BCUT2D eigenvalue weighted by Crippen LogP contribution is -2.30. The Kier molecular flexibility index (Phi) is 4.81. The highest BCUT2D eigenvalue weighted by atomic mass is 19.4. The molecule has 0 aliphatic rings. The van der Waals surface area contributed by atoms with E-state index in [9.17, 15) is 13.2 Å². The molecule has 1 unspecified atom stereocenters. The van der Waals surface area contributed by atoms with Gasteiger partial charge in [0, 0.05) is 0 Å². The van der Waals surface area contributed by atoms with Crippen LogP contribution < -0.4 is 4.74 Å². The molecule has 0 saturated heterocycles. The van der Waals surface area contributed by atoms with Crippen LogP contribution in [0.5, 0.6) is 5.75 Å². The van der Waals surface area contributed by atoms with Crippen LogP contribution in [0.25, 0.3) is 0 Å². The van der Waals surface area contributed by atoms with Gasteiger partial charge in [0.15, 0.2) is 6.10 Å². The molecule has 0 amide bonds. The maximum absolute atomic E-state index is 12.4. The summed E-state index contributed by atoms with van der Waals surface area (Å²) in [5.74, 6) is 0.664. The Bertz CT molecular complexity index is 333. The molecule has 0 heterocycles. The first-order chi connectivity index (χ1) is 7.97. The number of rotatable bonds is 5. The highest BCUT2D eigenvalue weighted by Crippen LogP contribution is 2.26. The Labute approximate surface area is 98.3 Å². The maximum Gasteiger partial charge on any atom is 0.414 e. The number of ether oxygens (including phenoxy) is 2. The third kappa shape index (κ3) is 4.26. The Morgan fingerprint density at radius 3 is 2.18 bits per heavy atom. The first-order valence-electron chi connectivity index (χ1n) is 5.28. The van der Waals surface area contributed by atoms with E-state index in [0.29, 0.717) is 11.3 Å². The zero-order valence-electron chi connectivity index (χ0n) is 9.75. The summed E-state index contributed by atoms with van der Waals surface area (Å²) in [4.78, 5) is 0. The lowest BCUT2D eigenvalue weighted by molar-refractivity contribution is -0.224. The summed E-state index contributed by atoms with van der Waals surface area (Å²) >= 11 is 0. The average Bonchev–Trinajstić information content (AvgIpc) is 2.29. The quantitative estimate of drug-likeness (QED) is 0.793. The molecule has 96 valence electrons. The van der Waals surface area contributed by atoms with Crippen molar-refractivity contribution in [2.24, 2.45) is 0 Å². The highest BCUT2D eigenvalue weighted by molar-refractivity contribution is 5.26. The van der Waals surface area contributed by atoms with Crippen molar-refractivity contribution in [3.05, 3.63) is 29.8 Å². The van der Waals surface area contributed by atoms with Gasteiger partial charge in [0.05, 0.1) is 13.7 Å². The summed E-state index contributed by atoms with van der Waals surface area (Å²) in [5.41, 5.74) is 0.688. The fraction of sp³-hybridized carbons (Fsp3) is 0.500. The Morgan fingerprint density at radius 2 is 1.76 bits per heavy atom. The third-order valence-corrected chi connectivity index (χ3v) is 2.35. The smallest absolute Gasteiger partial charge is 0.414 e. The molecule has 1 atom stereocenters. The van der Waals surface area contributed by atoms with Crippen LogP contribution in [0.15, 0.2) is 24.3 Å². The van der Waals surface area contributed by atoms with E-state index in [0.717, 1.165) is 0 Å². The van der Waals surface area contributed by atoms with E-state index in [4.69, 9.17) is 9.47 Å². The second-order valence-corrected chi connectivity index (χ2v) is 3.60. The van der Waals surface area contributed by atoms with Crippen LogP contribution in [0, 0.1) is 0 Å². The normalized spacial score (nSPS) is 13.5. The van der Waals surface area contributed by atoms with Gasteiger partial charge in [0.1, 0.15) is 5.75 Å². The molecule has 1 aromatic carbocycles. The highest BCUT2D eigenvalue weighted by Gasteiger charge is 2.39.